The van der Waals surface area contributed by atoms with E-state index >= 15 is 0 Å². The van der Waals surface area contributed by atoms with Crippen LogP contribution < -0.4 is 4.72 Å². The van der Waals surface area contributed by atoms with E-state index in [1.165, 1.54) is 4.80 Å². The summed E-state index contributed by atoms with van der Waals surface area (Å²) in [5.41, 5.74) is 0.845. The predicted octanol–water partition coefficient (Wildman–Crippen LogP) is 0.892. The van der Waals surface area contributed by atoms with Gasteiger partial charge in [-0.05, 0) is 19.8 Å². The Bertz CT molecular complexity index is 576. The van der Waals surface area contributed by atoms with Crippen molar-refractivity contribution in [2.75, 3.05) is 12.9 Å². The van der Waals surface area contributed by atoms with Crippen molar-refractivity contribution in [2.45, 2.75) is 51.2 Å². The molecule has 1 fully saturated rings. The van der Waals surface area contributed by atoms with Gasteiger partial charge in [0, 0.05) is 14.2 Å². The summed E-state index contributed by atoms with van der Waals surface area (Å²) in [6.45, 7) is 1.98. The van der Waals surface area contributed by atoms with Crippen LogP contribution in [0.2, 0.25) is 0 Å². The first kappa shape index (κ1) is 16.4. The highest BCUT2D eigenvalue weighted by atomic mass is 32.2. The van der Waals surface area contributed by atoms with Crippen molar-refractivity contribution >= 4 is 10.0 Å². The molecule has 0 unspecified atom stereocenters. The average molecular weight is 316 g/mol. The summed E-state index contributed by atoms with van der Waals surface area (Å²) in [5, 5.41) is 8.25. The molecule has 0 saturated heterocycles. The minimum atomic E-state index is -3.41. The second kappa shape index (κ2) is 6.41. The van der Waals surface area contributed by atoms with Gasteiger partial charge in [0.2, 0.25) is 10.0 Å². The van der Waals surface area contributed by atoms with Crippen LogP contribution in [-0.2, 0) is 28.4 Å². The highest BCUT2D eigenvalue weighted by Crippen LogP contribution is 2.32. The third-order valence-electron chi connectivity index (χ3n) is 4.09. The van der Waals surface area contributed by atoms with Crippen LogP contribution in [-0.4, -0.2) is 41.9 Å². The van der Waals surface area contributed by atoms with E-state index < -0.39 is 15.6 Å². The van der Waals surface area contributed by atoms with Gasteiger partial charge in [-0.3, -0.25) is 0 Å². The van der Waals surface area contributed by atoms with Gasteiger partial charge in [-0.1, -0.05) is 19.3 Å². The Kier molecular flexibility index (Phi) is 5.00. The van der Waals surface area contributed by atoms with Crippen molar-refractivity contribution in [1.82, 2.24) is 19.7 Å². The second-order valence-electron chi connectivity index (χ2n) is 5.75. The highest BCUT2D eigenvalue weighted by molar-refractivity contribution is 7.89. The van der Waals surface area contributed by atoms with Gasteiger partial charge in [-0.25, -0.2) is 13.1 Å². The molecule has 0 radical (unpaired) electrons. The lowest BCUT2D eigenvalue weighted by Gasteiger charge is -2.35. The van der Waals surface area contributed by atoms with Gasteiger partial charge < -0.3 is 4.74 Å². The zero-order chi connectivity index (χ0) is 15.5. The second-order valence-corrected chi connectivity index (χ2v) is 7.56. The summed E-state index contributed by atoms with van der Waals surface area (Å²) in [6, 6.07) is 0. The minimum absolute atomic E-state index is 0.00973. The molecule has 21 heavy (non-hydrogen) atoms. The van der Waals surface area contributed by atoms with Gasteiger partial charge in [0.25, 0.3) is 0 Å². The number of ether oxygens (including phenoxy) is 1. The third-order valence-corrected chi connectivity index (χ3v) is 5.58. The lowest BCUT2D eigenvalue weighted by molar-refractivity contribution is -0.0204. The van der Waals surface area contributed by atoms with Gasteiger partial charge in [-0.2, -0.15) is 15.0 Å². The summed E-state index contributed by atoms with van der Waals surface area (Å²) in [7, 11) is -0.0894. The first-order valence-electron chi connectivity index (χ1n) is 7.25. The molecule has 0 aliphatic heterocycles. The van der Waals surface area contributed by atoms with Gasteiger partial charge >= 0.3 is 0 Å². The molecule has 1 aromatic heterocycles. The molecular formula is C13H24N4O3S. The van der Waals surface area contributed by atoms with E-state index in [9.17, 15) is 8.42 Å². The molecular weight excluding hydrogens is 292 g/mol. The van der Waals surface area contributed by atoms with E-state index in [2.05, 4.69) is 14.9 Å². The number of rotatable bonds is 6. The number of hydrogen-bond acceptors (Lipinski definition) is 5. The number of methoxy groups -OCH3 is 1. The molecule has 0 aromatic carbocycles. The molecule has 1 saturated carbocycles. The maximum absolute atomic E-state index is 12.3. The number of aromatic nitrogens is 3. The number of hydrogen-bond donors (Lipinski definition) is 1. The van der Waals surface area contributed by atoms with Gasteiger partial charge in [-0.15, -0.1) is 0 Å². The van der Waals surface area contributed by atoms with Crippen LogP contribution >= 0.6 is 0 Å². The topological polar surface area (TPSA) is 86.1 Å². The van der Waals surface area contributed by atoms with E-state index in [1.807, 2.05) is 6.92 Å². The van der Waals surface area contributed by atoms with Crippen LogP contribution in [0.4, 0.5) is 0 Å². The predicted molar refractivity (Wildman–Crippen MR) is 79.2 cm³/mol. The van der Waals surface area contributed by atoms with Crippen molar-refractivity contribution in [3.05, 3.63) is 11.4 Å². The molecule has 1 heterocycles. The Balaban J connectivity index is 1.99. The minimum Gasteiger partial charge on any atom is -0.377 e. The first-order chi connectivity index (χ1) is 9.86. The van der Waals surface area contributed by atoms with Crippen molar-refractivity contribution < 1.29 is 13.2 Å². The van der Waals surface area contributed by atoms with E-state index in [0.29, 0.717) is 5.69 Å². The third kappa shape index (κ3) is 4.24. The van der Waals surface area contributed by atoms with E-state index in [-0.39, 0.29) is 12.3 Å². The maximum atomic E-state index is 12.3. The molecule has 8 heteroatoms. The lowest BCUT2D eigenvalue weighted by Crippen LogP contribution is -2.44. The number of nitrogens with zero attached hydrogens (tertiary/aromatic N) is 3. The summed E-state index contributed by atoms with van der Waals surface area (Å²) in [5.74, 6) is 0.00973. The molecule has 120 valence electrons. The molecule has 0 amide bonds. The van der Waals surface area contributed by atoms with E-state index in [0.717, 1.165) is 37.8 Å². The summed E-state index contributed by atoms with van der Waals surface area (Å²) in [4.78, 5) is 1.44. The summed E-state index contributed by atoms with van der Waals surface area (Å²) < 4.78 is 32.8. The molecule has 0 atom stereocenters. The lowest BCUT2D eigenvalue weighted by atomic mass is 9.86. The van der Waals surface area contributed by atoms with Crippen molar-refractivity contribution in [2.24, 2.45) is 7.05 Å². The fraction of sp³-hybridized carbons (Fsp3) is 0.846. The maximum Gasteiger partial charge on any atom is 0.214 e. The number of nitrogens with one attached hydrogen (secondary N) is 1. The molecule has 2 rings (SSSR count). The zero-order valence-electron chi connectivity index (χ0n) is 12.9. The van der Waals surface area contributed by atoms with Crippen molar-refractivity contribution in [3.8, 4) is 0 Å². The molecule has 1 aliphatic carbocycles. The van der Waals surface area contributed by atoms with E-state index in [4.69, 9.17) is 4.74 Å². The molecule has 0 spiro atoms. The summed E-state index contributed by atoms with van der Waals surface area (Å²) >= 11 is 0. The number of sulfonamides is 1. The fourth-order valence-corrected chi connectivity index (χ4v) is 4.44. The average Bonchev–Trinajstić information content (AvgIpc) is 2.75. The Labute approximate surface area is 126 Å². The summed E-state index contributed by atoms with van der Waals surface area (Å²) in [6.07, 6.45) is 4.79. The zero-order valence-corrected chi connectivity index (χ0v) is 13.7. The van der Waals surface area contributed by atoms with Crippen LogP contribution in [0.25, 0.3) is 0 Å². The van der Waals surface area contributed by atoms with Gasteiger partial charge in [0.05, 0.1) is 23.6 Å². The SMILES string of the molecule is COC1(CS(=O)(=O)NCc2nn(C)nc2C)CCCCC1. The molecule has 1 aliphatic rings. The van der Waals surface area contributed by atoms with Crippen LogP contribution in [0.1, 0.15) is 43.5 Å². The van der Waals surface area contributed by atoms with Gasteiger partial charge in [0.1, 0.15) is 5.69 Å². The Morgan fingerprint density at radius 1 is 1.29 bits per heavy atom. The quantitative estimate of drug-likeness (QED) is 0.842. The van der Waals surface area contributed by atoms with Crippen LogP contribution in [0.3, 0.4) is 0 Å². The molecule has 7 nitrogen and oxygen atoms in total. The van der Waals surface area contributed by atoms with Crippen LogP contribution in [0.15, 0.2) is 0 Å². The number of aryl methyl sites for hydroxylation is 2. The monoisotopic (exact) mass is 316 g/mol. The van der Waals surface area contributed by atoms with Crippen molar-refractivity contribution in [3.63, 3.8) is 0 Å². The molecule has 1 aromatic rings. The van der Waals surface area contributed by atoms with Crippen molar-refractivity contribution in [1.29, 1.82) is 0 Å². The van der Waals surface area contributed by atoms with Gasteiger partial charge in [0.15, 0.2) is 0 Å². The normalized spacial score (nSPS) is 18.8. The standard InChI is InChI=1S/C13H24N4O3S/c1-11-12(16-17(2)15-11)9-14-21(18,19)10-13(20-3)7-5-4-6-8-13/h14H,4-10H2,1-3H3. The smallest absolute Gasteiger partial charge is 0.214 e. The van der Waals surface area contributed by atoms with Crippen LogP contribution in [0, 0.1) is 6.92 Å². The Morgan fingerprint density at radius 3 is 2.48 bits per heavy atom. The van der Waals surface area contributed by atoms with Crippen LogP contribution in [0.5, 0.6) is 0 Å². The highest BCUT2D eigenvalue weighted by Gasteiger charge is 2.36. The molecule has 1 N–H and O–H groups in total. The fourth-order valence-electron chi connectivity index (χ4n) is 2.89. The molecule has 0 bridgehead atoms. The Morgan fingerprint density at radius 2 is 1.95 bits per heavy atom. The Hall–Kier alpha value is -0.990. The van der Waals surface area contributed by atoms with E-state index in [1.54, 1.807) is 14.2 Å². The largest absolute Gasteiger partial charge is 0.377 e. The first-order valence-corrected chi connectivity index (χ1v) is 8.90.